The van der Waals surface area contributed by atoms with Crippen LogP contribution >= 0.6 is 0 Å². The fourth-order valence-electron chi connectivity index (χ4n) is 4.36. The average molecular weight is 599 g/mol. The second-order valence-corrected chi connectivity index (χ2v) is 10.3. The molecule has 0 saturated heterocycles. The molecule has 2 aromatic rings. The summed E-state index contributed by atoms with van der Waals surface area (Å²) in [5, 5.41) is 8.05. The van der Waals surface area contributed by atoms with E-state index in [0.717, 1.165) is 12.0 Å². The number of unbranched alkanes of at least 4 members (excludes halogenated alkanes) is 1. The lowest BCUT2D eigenvalue weighted by atomic mass is 10.0. The maximum Gasteiger partial charge on any atom is 0.243 e. The Bertz CT molecular complexity index is 1240. The maximum atomic E-state index is 13.6. The zero-order valence-electron chi connectivity index (χ0n) is 24.4. The van der Waals surface area contributed by atoms with Gasteiger partial charge in [-0.1, -0.05) is 62.2 Å². The van der Waals surface area contributed by atoms with Crippen molar-refractivity contribution in [2.45, 2.75) is 76.0 Å². The number of nitrogens with zero attached hydrogens (tertiary/aromatic N) is 1. The minimum Gasteiger partial charge on any atom is -0.370 e. The van der Waals surface area contributed by atoms with Crippen molar-refractivity contribution in [1.29, 1.82) is 0 Å². The van der Waals surface area contributed by atoms with Gasteiger partial charge < -0.3 is 38.9 Å². The molecule has 0 aliphatic carbocycles. The van der Waals surface area contributed by atoms with Crippen molar-refractivity contribution >= 4 is 29.6 Å². The number of amides is 4. The Morgan fingerprint density at radius 1 is 0.767 bits per heavy atom. The molecule has 12 nitrogen and oxygen atoms in total. The maximum absolute atomic E-state index is 13.6. The Labute approximate surface area is 251 Å². The number of benzene rings is 2. The van der Waals surface area contributed by atoms with Crippen LogP contribution in [0.25, 0.3) is 0 Å². The van der Waals surface area contributed by atoms with Crippen LogP contribution in [0.1, 0.15) is 50.2 Å². The van der Waals surface area contributed by atoms with E-state index in [9.17, 15) is 23.6 Å². The van der Waals surface area contributed by atoms with Gasteiger partial charge in [0.25, 0.3) is 0 Å². The predicted molar refractivity (Wildman–Crippen MR) is 163 cm³/mol. The first-order valence-electron chi connectivity index (χ1n) is 14.3. The number of nitrogens with one attached hydrogen (secondary N) is 3. The number of hydrogen-bond donors (Lipinski definition) is 7. The van der Waals surface area contributed by atoms with E-state index in [1.165, 1.54) is 18.2 Å². The quantitative estimate of drug-likeness (QED) is 0.0713. The second-order valence-electron chi connectivity index (χ2n) is 10.3. The highest BCUT2D eigenvalue weighted by Gasteiger charge is 2.30. The van der Waals surface area contributed by atoms with Crippen LogP contribution in [-0.4, -0.2) is 60.3 Å². The predicted octanol–water partition coefficient (Wildman–Crippen LogP) is 0.122. The number of guanidine groups is 1. The van der Waals surface area contributed by atoms with Crippen LogP contribution in [0.5, 0.6) is 0 Å². The van der Waals surface area contributed by atoms with E-state index >= 15 is 0 Å². The minimum absolute atomic E-state index is 0.0580. The third-order valence-electron chi connectivity index (χ3n) is 6.68. The number of primary amides is 1. The molecule has 0 aromatic heterocycles. The summed E-state index contributed by atoms with van der Waals surface area (Å²) in [6.07, 6.45) is 2.42. The van der Waals surface area contributed by atoms with Crippen LogP contribution in [0.15, 0.2) is 59.6 Å². The zero-order valence-corrected chi connectivity index (χ0v) is 24.4. The molecule has 4 amide bonds. The molecule has 0 bridgehead atoms. The average Bonchev–Trinajstić information content (AvgIpc) is 2.96. The van der Waals surface area contributed by atoms with Gasteiger partial charge in [0.05, 0.1) is 6.04 Å². The van der Waals surface area contributed by atoms with Crippen LogP contribution in [-0.2, 0) is 32.0 Å². The van der Waals surface area contributed by atoms with E-state index in [2.05, 4.69) is 20.9 Å². The van der Waals surface area contributed by atoms with Gasteiger partial charge >= 0.3 is 0 Å². The highest BCUT2D eigenvalue weighted by molar-refractivity contribution is 5.94. The number of carbonyl (C=O) groups excluding carboxylic acids is 4. The summed E-state index contributed by atoms with van der Waals surface area (Å²) >= 11 is 0. The molecule has 0 aliphatic heterocycles. The number of hydrogen-bond acceptors (Lipinski definition) is 6. The van der Waals surface area contributed by atoms with Gasteiger partial charge in [0.1, 0.15) is 23.9 Å². The summed E-state index contributed by atoms with van der Waals surface area (Å²) in [7, 11) is 0. The van der Waals surface area contributed by atoms with Crippen LogP contribution in [0.3, 0.4) is 0 Å². The first-order chi connectivity index (χ1) is 20.5. The van der Waals surface area contributed by atoms with Crippen molar-refractivity contribution in [3.05, 3.63) is 71.5 Å². The lowest BCUT2D eigenvalue weighted by Crippen LogP contribution is -2.58. The van der Waals surface area contributed by atoms with Gasteiger partial charge in [0, 0.05) is 13.0 Å². The number of carbonyl (C=O) groups is 4. The first kappa shape index (κ1) is 34.7. The molecule has 0 unspecified atom stereocenters. The standard InChI is InChI=1S/C30H43FN8O4/c1-2-3-13-24(28(42)37-23(26(33)40)14-8-15-36-30(34)35)38-29(43)25(18-19-9-5-4-6-10-19)39-27(41)22(32)17-20-11-7-12-21(31)16-20/h4-7,9-12,16,22-25H,2-3,8,13-15,17-18,32H2,1H3,(H2,33,40)(H,37,42)(H,38,43)(H,39,41)(H4,34,35,36)/t22-,23-,24-,25-/m1/s1. The minimum atomic E-state index is -1.07. The number of aliphatic imine (C=N–C) groups is 1. The summed E-state index contributed by atoms with van der Waals surface area (Å²) in [4.78, 5) is 55.7. The molecule has 0 spiro atoms. The van der Waals surface area contributed by atoms with E-state index in [1.54, 1.807) is 30.3 Å². The van der Waals surface area contributed by atoms with E-state index in [0.29, 0.717) is 24.8 Å². The van der Waals surface area contributed by atoms with E-state index in [4.69, 9.17) is 22.9 Å². The van der Waals surface area contributed by atoms with E-state index in [-0.39, 0.29) is 31.8 Å². The van der Waals surface area contributed by atoms with Crippen molar-refractivity contribution < 1.29 is 23.6 Å². The van der Waals surface area contributed by atoms with Crippen molar-refractivity contribution in [3.63, 3.8) is 0 Å². The van der Waals surface area contributed by atoms with Crippen molar-refractivity contribution in [2.75, 3.05) is 6.54 Å². The van der Waals surface area contributed by atoms with E-state index in [1.807, 2.05) is 13.0 Å². The number of halogens is 1. The molecule has 2 aromatic carbocycles. The van der Waals surface area contributed by atoms with Crippen LogP contribution in [0, 0.1) is 5.82 Å². The largest absolute Gasteiger partial charge is 0.370 e. The van der Waals surface area contributed by atoms with E-state index < -0.39 is 53.6 Å². The molecule has 234 valence electrons. The number of nitrogens with two attached hydrogens (primary N) is 4. The van der Waals surface area contributed by atoms with Gasteiger partial charge in [0.15, 0.2) is 5.96 Å². The number of rotatable bonds is 18. The third-order valence-corrected chi connectivity index (χ3v) is 6.68. The summed E-state index contributed by atoms with van der Waals surface area (Å²) in [6.45, 7) is 2.19. The van der Waals surface area contributed by atoms with Crippen molar-refractivity contribution in [2.24, 2.45) is 27.9 Å². The van der Waals surface area contributed by atoms with Crippen molar-refractivity contribution in [1.82, 2.24) is 16.0 Å². The zero-order chi connectivity index (χ0) is 31.8. The molecule has 43 heavy (non-hydrogen) atoms. The lowest BCUT2D eigenvalue weighted by molar-refractivity contribution is -0.133. The van der Waals surface area contributed by atoms with Crippen molar-refractivity contribution in [3.8, 4) is 0 Å². The molecule has 0 fully saturated rings. The molecule has 0 aliphatic rings. The molecule has 4 atom stereocenters. The second kappa shape index (κ2) is 18.1. The molecule has 11 N–H and O–H groups in total. The summed E-state index contributed by atoms with van der Waals surface area (Å²) in [5.41, 5.74) is 23.6. The first-order valence-corrected chi connectivity index (χ1v) is 14.3. The monoisotopic (exact) mass is 598 g/mol. The molecule has 13 heteroatoms. The van der Waals surface area contributed by atoms with Gasteiger partial charge in [-0.25, -0.2) is 4.39 Å². The van der Waals surface area contributed by atoms with Crippen LogP contribution in [0.2, 0.25) is 0 Å². The molecular formula is C30H43FN8O4. The molecule has 2 rings (SSSR count). The fourth-order valence-corrected chi connectivity index (χ4v) is 4.36. The molecule has 0 saturated carbocycles. The summed E-state index contributed by atoms with van der Waals surface area (Å²) in [6, 6.07) is 10.7. The van der Waals surface area contributed by atoms with Gasteiger partial charge in [-0.15, -0.1) is 0 Å². The summed E-state index contributed by atoms with van der Waals surface area (Å²) in [5.74, 6) is -3.07. The SMILES string of the molecule is CCCC[C@@H](NC(=O)[C@@H](Cc1ccccc1)NC(=O)[C@H](N)Cc1cccc(F)c1)C(=O)N[C@H](CCCN=C(N)N)C(N)=O. The molecule has 0 radical (unpaired) electrons. The van der Waals surface area contributed by atoms with Crippen LogP contribution in [0.4, 0.5) is 4.39 Å². The Morgan fingerprint density at radius 2 is 1.37 bits per heavy atom. The third kappa shape index (κ3) is 12.9. The summed E-state index contributed by atoms with van der Waals surface area (Å²) < 4.78 is 13.6. The molecular weight excluding hydrogens is 555 g/mol. The van der Waals surface area contributed by atoms with Gasteiger partial charge in [-0.2, -0.15) is 0 Å². The Morgan fingerprint density at radius 3 is 2.00 bits per heavy atom. The Balaban J connectivity index is 2.17. The fraction of sp³-hybridized carbons (Fsp3) is 0.433. The Kier molecular flexibility index (Phi) is 14.6. The topological polar surface area (TPSA) is 221 Å². The van der Waals surface area contributed by atoms with Crippen LogP contribution < -0.4 is 38.9 Å². The molecule has 0 heterocycles. The highest BCUT2D eigenvalue weighted by Crippen LogP contribution is 2.09. The lowest BCUT2D eigenvalue weighted by Gasteiger charge is -2.25. The Hall–Kier alpha value is -4.52. The normalized spacial score (nSPS) is 13.6. The van der Waals surface area contributed by atoms with Gasteiger partial charge in [0.2, 0.25) is 23.6 Å². The van der Waals surface area contributed by atoms with Gasteiger partial charge in [-0.3, -0.25) is 24.2 Å². The highest BCUT2D eigenvalue weighted by atomic mass is 19.1. The van der Waals surface area contributed by atoms with Gasteiger partial charge in [-0.05, 0) is 48.9 Å². The smallest absolute Gasteiger partial charge is 0.243 e.